The fraction of sp³-hybridized carbons (Fsp3) is 0.111. The topological polar surface area (TPSA) is 30.0 Å². The van der Waals surface area contributed by atoms with Crippen LogP contribution in [0, 0.1) is 13.8 Å². The first-order valence-electron chi connectivity index (χ1n) is 6.64. The van der Waals surface area contributed by atoms with Crippen molar-refractivity contribution in [3.63, 3.8) is 0 Å². The van der Waals surface area contributed by atoms with Crippen LogP contribution in [0.5, 0.6) is 0 Å². The van der Waals surface area contributed by atoms with E-state index in [0.29, 0.717) is 5.56 Å². The van der Waals surface area contributed by atoms with Crippen LogP contribution in [-0.4, -0.2) is 10.8 Å². The molecule has 0 aliphatic rings. The van der Waals surface area contributed by atoms with Crippen molar-refractivity contribution in [1.29, 1.82) is 0 Å². The third-order valence-corrected chi connectivity index (χ3v) is 3.60. The molecular weight excluding hydrogens is 282 g/mol. The van der Waals surface area contributed by atoms with Crippen LogP contribution in [-0.2, 0) is 0 Å². The lowest BCUT2D eigenvalue weighted by atomic mass is 9.95. The SMILES string of the molecule is Cc1nc2ccccc2c(C)c1C(=O)c1ccccc1.[Cl-]. The van der Waals surface area contributed by atoms with E-state index in [9.17, 15) is 4.79 Å². The second kappa shape index (κ2) is 6.06. The highest BCUT2D eigenvalue weighted by Crippen LogP contribution is 2.24. The van der Waals surface area contributed by atoms with Crippen LogP contribution in [0.4, 0.5) is 0 Å². The summed E-state index contributed by atoms with van der Waals surface area (Å²) in [5, 5.41) is 1.04. The van der Waals surface area contributed by atoms with Gasteiger partial charge in [0.15, 0.2) is 5.78 Å². The molecule has 2 aromatic carbocycles. The minimum atomic E-state index is 0. The van der Waals surface area contributed by atoms with E-state index in [1.165, 1.54) is 0 Å². The van der Waals surface area contributed by atoms with Crippen LogP contribution in [0.2, 0.25) is 0 Å². The van der Waals surface area contributed by atoms with E-state index in [2.05, 4.69) is 4.98 Å². The van der Waals surface area contributed by atoms with Gasteiger partial charge in [0.1, 0.15) is 0 Å². The van der Waals surface area contributed by atoms with Gasteiger partial charge in [0.05, 0.1) is 5.52 Å². The minimum absolute atomic E-state index is 0. The van der Waals surface area contributed by atoms with Crippen LogP contribution in [0.15, 0.2) is 54.6 Å². The zero-order valence-corrected chi connectivity index (χ0v) is 12.7. The molecule has 0 N–H and O–H groups in total. The zero-order valence-electron chi connectivity index (χ0n) is 11.9. The number of nitrogens with zero attached hydrogens (tertiary/aromatic N) is 1. The molecule has 106 valence electrons. The number of ketones is 1. The summed E-state index contributed by atoms with van der Waals surface area (Å²) in [4.78, 5) is 17.3. The van der Waals surface area contributed by atoms with Crippen molar-refractivity contribution in [2.45, 2.75) is 13.8 Å². The highest BCUT2D eigenvalue weighted by atomic mass is 35.5. The molecule has 0 atom stereocenters. The van der Waals surface area contributed by atoms with Crippen LogP contribution >= 0.6 is 0 Å². The molecule has 0 bridgehead atoms. The summed E-state index contributed by atoms with van der Waals surface area (Å²) in [6, 6.07) is 17.3. The van der Waals surface area contributed by atoms with E-state index in [4.69, 9.17) is 0 Å². The monoisotopic (exact) mass is 296 g/mol. The third kappa shape index (κ3) is 2.67. The highest BCUT2D eigenvalue weighted by Gasteiger charge is 2.17. The summed E-state index contributed by atoms with van der Waals surface area (Å²) in [6.45, 7) is 3.89. The van der Waals surface area contributed by atoms with Gasteiger partial charge in [0, 0.05) is 22.2 Å². The van der Waals surface area contributed by atoms with E-state index in [0.717, 1.165) is 27.7 Å². The first-order chi connectivity index (χ1) is 9.68. The number of pyridine rings is 1. The number of carbonyl (C=O) groups is 1. The fourth-order valence-electron chi connectivity index (χ4n) is 2.60. The molecule has 0 unspecified atom stereocenters. The summed E-state index contributed by atoms with van der Waals surface area (Å²) in [5.41, 5.74) is 4.15. The molecule has 0 saturated carbocycles. The molecule has 0 amide bonds. The minimum Gasteiger partial charge on any atom is -1.00 e. The molecule has 0 saturated heterocycles. The lowest BCUT2D eigenvalue weighted by Crippen LogP contribution is -3.00. The first kappa shape index (κ1) is 15.2. The number of para-hydroxylation sites is 1. The van der Waals surface area contributed by atoms with Gasteiger partial charge < -0.3 is 12.4 Å². The van der Waals surface area contributed by atoms with Crippen LogP contribution in [0.3, 0.4) is 0 Å². The average Bonchev–Trinajstić information content (AvgIpc) is 2.48. The number of halogens is 1. The second-order valence-electron chi connectivity index (χ2n) is 4.91. The Morgan fingerprint density at radius 2 is 1.52 bits per heavy atom. The van der Waals surface area contributed by atoms with E-state index in [1.807, 2.05) is 68.4 Å². The van der Waals surface area contributed by atoms with Gasteiger partial charge in [-0.3, -0.25) is 9.78 Å². The average molecular weight is 297 g/mol. The van der Waals surface area contributed by atoms with Gasteiger partial charge in [-0.1, -0.05) is 48.5 Å². The maximum absolute atomic E-state index is 12.7. The molecule has 3 aromatic rings. The van der Waals surface area contributed by atoms with Gasteiger partial charge in [-0.05, 0) is 25.5 Å². The summed E-state index contributed by atoms with van der Waals surface area (Å²) >= 11 is 0. The van der Waals surface area contributed by atoms with Crippen LogP contribution < -0.4 is 12.4 Å². The zero-order chi connectivity index (χ0) is 14.1. The molecule has 3 heteroatoms. The largest absolute Gasteiger partial charge is 1.00 e. The van der Waals surface area contributed by atoms with Crippen molar-refractivity contribution in [3.8, 4) is 0 Å². The Kier molecular flexibility index (Phi) is 4.39. The lowest BCUT2D eigenvalue weighted by molar-refractivity contribution is -0.0000116. The van der Waals surface area contributed by atoms with Crippen molar-refractivity contribution in [2.75, 3.05) is 0 Å². The molecule has 0 aliphatic heterocycles. The van der Waals surface area contributed by atoms with Crippen molar-refractivity contribution in [2.24, 2.45) is 0 Å². The molecule has 0 fully saturated rings. The van der Waals surface area contributed by atoms with E-state index < -0.39 is 0 Å². The van der Waals surface area contributed by atoms with Crippen LogP contribution in [0.25, 0.3) is 10.9 Å². The summed E-state index contributed by atoms with van der Waals surface area (Å²) in [6.07, 6.45) is 0. The second-order valence-corrected chi connectivity index (χ2v) is 4.91. The van der Waals surface area contributed by atoms with Crippen molar-refractivity contribution in [1.82, 2.24) is 4.98 Å². The third-order valence-electron chi connectivity index (χ3n) is 3.60. The van der Waals surface area contributed by atoms with Crippen molar-refractivity contribution < 1.29 is 17.2 Å². The summed E-state index contributed by atoms with van der Waals surface area (Å²) < 4.78 is 0. The Balaban J connectivity index is 0.00000161. The maximum atomic E-state index is 12.7. The molecule has 0 spiro atoms. The molecule has 2 nitrogen and oxygen atoms in total. The molecule has 3 rings (SSSR count). The predicted molar refractivity (Wildman–Crippen MR) is 81.1 cm³/mol. The molecule has 21 heavy (non-hydrogen) atoms. The molecule has 0 aliphatic carbocycles. The number of benzene rings is 2. The van der Waals surface area contributed by atoms with E-state index in [-0.39, 0.29) is 18.2 Å². The number of aryl methyl sites for hydroxylation is 2. The van der Waals surface area contributed by atoms with Gasteiger partial charge >= 0.3 is 0 Å². The lowest BCUT2D eigenvalue weighted by Gasteiger charge is -2.11. The number of carbonyl (C=O) groups excluding carboxylic acids is 1. The summed E-state index contributed by atoms with van der Waals surface area (Å²) in [7, 11) is 0. The standard InChI is InChI=1S/C18H15NO.ClH/c1-12-15-10-6-7-11-16(15)19-13(2)17(12)18(20)14-8-4-3-5-9-14;/h3-11H,1-2H3;1H/p-1. The van der Waals surface area contributed by atoms with Gasteiger partial charge in [-0.2, -0.15) is 0 Å². The number of hydrogen-bond acceptors (Lipinski definition) is 2. The maximum Gasteiger partial charge on any atom is 0.195 e. The van der Waals surface area contributed by atoms with E-state index >= 15 is 0 Å². The normalized spacial score (nSPS) is 10.2. The Labute approximate surface area is 130 Å². The molecule has 1 aromatic heterocycles. The van der Waals surface area contributed by atoms with Gasteiger partial charge in [0.2, 0.25) is 0 Å². The quantitative estimate of drug-likeness (QED) is 0.663. The Hall–Kier alpha value is -2.19. The molecule has 0 radical (unpaired) electrons. The number of fused-ring (bicyclic) bond motifs is 1. The number of rotatable bonds is 2. The Bertz CT molecular complexity index is 797. The Morgan fingerprint density at radius 1 is 0.905 bits per heavy atom. The predicted octanol–water partition coefficient (Wildman–Crippen LogP) is 1.09. The highest BCUT2D eigenvalue weighted by molar-refractivity contribution is 6.12. The fourth-order valence-corrected chi connectivity index (χ4v) is 2.60. The Morgan fingerprint density at radius 3 is 2.24 bits per heavy atom. The van der Waals surface area contributed by atoms with E-state index in [1.54, 1.807) is 0 Å². The molecule has 1 heterocycles. The van der Waals surface area contributed by atoms with Crippen molar-refractivity contribution >= 4 is 16.7 Å². The van der Waals surface area contributed by atoms with Gasteiger partial charge in [-0.25, -0.2) is 0 Å². The smallest absolute Gasteiger partial charge is 0.195 e. The van der Waals surface area contributed by atoms with Gasteiger partial charge in [-0.15, -0.1) is 0 Å². The summed E-state index contributed by atoms with van der Waals surface area (Å²) in [5.74, 6) is 0.0406. The molecular formula is C18H15ClNO-. The first-order valence-corrected chi connectivity index (χ1v) is 6.64. The number of aromatic nitrogens is 1. The van der Waals surface area contributed by atoms with Gasteiger partial charge in [0.25, 0.3) is 0 Å². The van der Waals surface area contributed by atoms with Crippen LogP contribution in [0.1, 0.15) is 27.2 Å². The van der Waals surface area contributed by atoms with Crippen molar-refractivity contribution in [3.05, 3.63) is 77.0 Å². The number of hydrogen-bond donors (Lipinski definition) is 0.